The van der Waals surface area contributed by atoms with Gasteiger partial charge < -0.3 is 57.8 Å². The summed E-state index contributed by atoms with van der Waals surface area (Å²) in [5.74, 6) is 5.27. The molecule has 6 amide bonds. The Bertz CT molecular complexity index is 5520. The Kier molecular flexibility index (Phi) is 49.1. The monoisotopic (exact) mass is 2140 g/mol. The molecule has 762 valence electrons. The molecule has 0 saturated carbocycles. The topological polar surface area (TPSA) is 177 Å². The zero-order valence-corrected chi connectivity index (χ0v) is 93.2. The standard InChI is InChI=1S/C21H27NO2.C20H24BrNO2.C20H24ClNO2.C20H24FNO2.C20H24INO2.C20H25NO2/c1-6-21(23)22(7-2)19-10-8-9-16(4)18(19)14-24-20-12-11-15(3)13-17(20)5;4*1-5-20(23)22(6-2)18-9-7-8-17(21)16(18)13-24-19-11-10-14(3)12-15(19)4;1-5-20(22)21(6-2)18-10-8-7-9-17(18)14-23-19-12-11-15(3)13-16(19)4/h8-13H,6-7,14H2,1-5H3;4*7-12H,5-6,13H2,1-4H3;7-13H,5-6,14H2,1-4H3. The minimum atomic E-state index is -0.361. The second kappa shape index (κ2) is 59.7. The van der Waals surface area contributed by atoms with Gasteiger partial charge >= 0.3 is 0 Å². The van der Waals surface area contributed by atoms with Gasteiger partial charge in [0, 0.05) is 124 Å². The highest BCUT2D eigenvalue weighted by atomic mass is 127. The lowest BCUT2D eigenvalue weighted by atomic mass is 10.1. The summed E-state index contributed by atoms with van der Waals surface area (Å²) in [7, 11) is 0. The smallest absolute Gasteiger partial charge is 0.226 e. The van der Waals surface area contributed by atoms with Gasteiger partial charge in [0.25, 0.3) is 0 Å². The maximum atomic E-state index is 14.4. The summed E-state index contributed by atoms with van der Waals surface area (Å²) in [5, 5.41) is 0.611. The number of benzene rings is 12. The van der Waals surface area contributed by atoms with Gasteiger partial charge in [0.05, 0.1) is 34.1 Å². The van der Waals surface area contributed by atoms with Crippen LogP contribution < -0.4 is 57.8 Å². The van der Waals surface area contributed by atoms with Gasteiger partial charge in [0.1, 0.15) is 80.0 Å². The van der Waals surface area contributed by atoms with E-state index in [-0.39, 0.29) is 47.9 Å². The molecule has 0 fully saturated rings. The van der Waals surface area contributed by atoms with Crippen LogP contribution >= 0.6 is 50.1 Å². The zero-order chi connectivity index (χ0) is 105. The Morgan fingerprint density at radius 2 is 0.510 bits per heavy atom. The van der Waals surface area contributed by atoms with E-state index in [1.807, 2.05) is 282 Å². The number of ether oxygens (including phenoxy) is 6. The van der Waals surface area contributed by atoms with Gasteiger partial charge in [0.15, 0.2) is 0 Å². The summed E-state index contributed by atoms with van der Waals surface area (Å²) >= 11 is 12.3. The molecule has 12 aromatic carbocycles. The van der Waals surface area contributed by atoms with Crippen LogP contribution in [-0.2, 0) is 68.4 Å². The highest BCUT2D eigenvalue weighted by Gasteiger charge is 2.26. The van der Waals surface area contributed by atoms with E-state index < -0.39 is 0 Å². The molecule has 22 heteroatoms. The van der Waals surface area contributed by atoms with Crippen LogP contribution in [0.2, 0.25) is 5.02 Å². The molecular weight excluding hydrogens is 1990 g/mol. The lowest BCUT2D eigenvalue weighted by Crippen LogP contribution is -2.31. The van der Waals surface area contributed by atoms with E-state index in [1.165, 1.54) is 33.9 Å². The summed E-state index contributed by atoms with van der Waals surface area (Å²) in [4.78, 5) is 83.9. The third-order valence-electron chi connectivity index (χ3n) is 24.2. The Morgan fingerprint density at radius 1 is 0.266 bits per heavy atom. The van der Waals surface area contributed by atoms with Crippen molar-refractivity contribution in [3.05, 3.63) is 349 Å². The molecule has 0 heterocycles. The number of hydrogen-bond acceptors (Lipinski definition) is 12. The Morgan fingerprint density at radius 3 is 0.846 bits per heavy atom. The quantitative estimate of drug-likeness (QED) is 0.0340. The minimum absolute atomic E-state index is 0.0316. The van der Waals surface area contributed by atoms with Crippen LogP contribution in [0.4, 0.5) is 38.5 Å². The fraction of sp³-hybridized carbons (Fsp3) is 0.355. The lowest BCUT2D eigenvalue weighted by Gasteiger charge is -2.25. The molecule has 0 aliphatic heterocycles. The van der Waals surface area contributed by atoms with Gasteiger partial charge in [0.2, 0.25) is 35.4 Å². The fourth-order valence-corrected chi connectivity index (χ4v) is 17.8. The largest absolute Gasteiger partial charge is 0.489 e. The average Bonchev–Trinajstić information content (AvgIpc) is 0.827. The summed E-state index contributed by atoms with van der Waals surface area (Å²) in [6.07, 6.45) is 2.81. The molecule has 143 heavy (non-hydrogen) atoms. The zero-order valence-electron chi connectivity index (χ0n) is 88.7. The number of carbonyl (C=O) groups excluding carboxylic acids is 6. The van der Waals surface area contributed by atoms with Crippen molar-refractivity contribution in [2.45, 2.75) is 251 Å². The average molecular weight is 2140 g/mol. The number of rotatable bonds is 36. The fourth-order valence-electron chi connectivity index (χ4n) is 16.5. The SMILES string of the molecule is CCC(=O)N(CC)c1cccc(Br)c1COc1ccc(C)cc1C.CCC(=O)N(CC)c1cccc(C)c1COc1ccc(C)cc1C.CCC(=O)N(CC)c1cccc(Cl)c1COc1ccc(C)cc1C.CCC(=O)N(CC)c1cccc(F)c1COc1ccc(C)cc1C.CCC(=O)N(CC)c1cccc(I)c1COc1ccc(C)cc1C.CCC(=O)N(CC)c1ccccc1COc1ccc(C)cc1C. The second-order valence-corrected chi connectivity index (χ2v) is 37.4. The normalized spacial score (nSPS) is 10.5. The van der Waals surface area contributed by atoms with Crippen molar-refractivity contribution >= 4 is 120 Å². The van der Waals surface area contributed by atoms with Crippen LogP contribution in [0.3, 0.4) is 0 Å². The molecule has 0 aliphatic rings. The van der Waals surface area contributed by atoms with E-state index in [2.05, 4.69) is 149 Å². The Labute approximate surface area is 878 Å². The van der Waals surface area contributed by atoms with Crippen LogP contribution in [0.25, 0.3) is 0 Å². The predicted molar refractivity (Wildman–Crippen MR) is 600 cm³/mol. The van der Waals surface area contributed by atoms with Crippen molar-refractivity contribution in [1.82, 2.24) is 0 Å². The number of nitrogens with zero attached hydrogens (tertiary/aromatic N) is 6. The van der Waals surface area contributed by atoms with Crippen molar-refractivity contribution in [3.63, 3.8) is 0 Å². The van der Waals surface area contributed by atoms with Crippen LogP contribution in [-0.4, -0.2) is 74.7 Å². The summed E-state index contributed by atoms with van der Waals surface area (Å²) in [6, 6.07) is 73.0. The van der Waals surface area contributed by atoms with Gasteiger partial charge in [-0.1, -0.05) is 230 Å². The first kappa shape index (κ1) is 118. The molecule has 0 N–H and O–H groups in total. The van der Waals surface area contributed by atoms with Gasteiger partial charge in [-0.2, -0.15) is 0 Å². The van der Waals surface area contributed by atoms with Crippen molar-refractivity contribution in [1.29, 1.82) is 0 Å². The molecular formula is C121H148BrClFIN6O12. The molecule has 0 aromatic heterocycles. The maximum absolute atomic E-state index is 14.4. The number of carbonyl (C=O) groups is 6. The molecule has 18 nitrogen and oxygen atoms in total. The number of anilines is 6. The first-order chi connectivity index (χ1) is 68.4. The molecule has 0 spiro atoms. The van der Waals surface area contributed by atoms with E-state index in [0.29, 0.717) is 127 Å². The van der Waals surface area contributed by atoms with E-state index in [9.17, 15) is 33.2 Å². The minimum Gasteiger partial charge on any atom is -0.489 e. The number of amides is 6. The number of para-hydroxylation sites is 1. The van der Waals surface area contributed by atoms with Gasteiger partial charge in [-0.3, -0.25) is 28.8 Å². The maximum Gasteiger partial charge on any atom is 0.226 e. The van der Waals surface area contributed by atoms with Crippen LogP contribution in [0.5, 0.6) is 34.5 Å². The molecule has 0 saturated heterocycles. The van der Waals surface area contributed by atoms with Gasteiger partial charge in [-0.05, 0) is 290 Å². The second-order valence-electron chi connectivity index (χ2n) is 34.9. The first-order valence-electron chi connectivity index (χ1n) is 49.7. The highest BCUT2D eigenvalue weighted by Crippen LogP contribution is 2.37. The van der Waals surface area contributed by atoms with Crippen molar-refractivity contribution in [2.75, 3.05) is 68.7 Å². The molecule has 0 atom stereocenters. The van der Waals surface area contributed by atoms with Crippen LogP contribution in [0.15, 0.2) is 229 Å². The number of aryl methyl sites for hydroxylation is 13. The third kappa shape index (κ3) is 34.2. The van der Waals surface area contributed by atoms with E-state index in [1.54, 1.807) is 28.9 Å². The summed E-state index contributed by atoms with van der Waals surface area (Å²) < 4.78 is 52.4. The lowest BCUT2D eigenvalue weighted by molar-refractivity contribution is -0.119. The Balaban J connectivity index is 0.000000233. The predicted octanol–water partition coefficient (Wildman–Crippen LogP) is 30.3. The molecule has 0 aliphatic carbocycles. The van der Waals surface area contributed by atoms with Gasteiger partial charge in [-0.15, -0.1) is 0 Å². The first-order valence-corrected chi connectivity index (χ1v) is 52.0. The van der Waals surface area contributed by atoms with E-state index in [4.69, 9.17) is 40.0 Å². The molecule has 12 rings (SSSR count). The van der Waals surface area contributed by atoms with E-state index in [0.717, 1.165) is 143 Å². The molecule has 0 radical (unpaired) electrons. The molecule has 12 aromatic rings. The van der Waals surface area contributed by atoms with Gasteiger partial charge in [-0.25, -0.2) is 4.39 Å². The third-order valence-corrected chi connectivity index (χ3v) is 26.4. The van der Waals surface area contributed by atoms with Crippen LogP contribution in [0.1, 0.15) is 227 Å². The number of hydrogen-bond donors (Lipinski definition) is 0. The van der Waals surface area contributed by atoms with E-state index >= 15 is 0 Å². The van der Waals surface area contributed by atoms with Crippen LogP contribution in [0, 0.1) is 99.4 Å². The van der Waals surface area contributed by atoms with Crippen molar-refractivity contribution in [3.8, 4) is 34.5 Å². The number of halogens is 4. The molecule has 0 unspecified atom stereocenters. The molecule has 0 bridgehead atoms. The Hall–Kier alpha value is -12.3. The summed E-state index contributed by atoms with van der Waals surface area (Å²) in [6.45, 7) is 55.6. The van der Waals surface area contributed by atoms with Crippen molar-refractivity contribution in [2.24, 2.45) is 0 Å². The van der Waals surface area contributed by atoms with Crippen molar-refractivity contribution < 1.29 is 61.6 Å². The highest BCUT2D eigenvalue weighted by molar-refractivity contribution is 14.1. The summed E-state index contributed by atoms with van der Waals surface area (Å²) in [5.41, 5.74) is 25.5.